The third kappa shape index (κ3) is 4.12. The minimum Gasteiger partial charge on any atom is -0.355 e. The summed E-state index contributed by atoms with van der Waals surface area (Å²) < 4.78 is 38.6. The van der Waals surface area contributed by atoms with E-state index in [0.29, 0.717) is 21.7 Å². The highest BCUT2D eigenvalue weighted by Crippen LogP contribution is 2.45. The van der Waals surface area contributed by atoms with Gasteiger partial charge < -0.3 is 9.80 Å². The van der Waals surface area contributed by atoms with E-state index in [2.05, 4.69) is 45.4 Å². The Morgan fingerprint density at radius 2 is 1.94 bits per heavy atom. The van der Waals surface area contributed by atoms with Crippen LogP contribution < -0.4 is 4.90 Å². The number of hydrogen-bond acceptors (Lipinski definition) is 6. The molecule has 1 atom stereocenters. The van der Waals surface area contributed by atoms with Crippen molar-refractivity contribution >= 4 is 27.4 Å². The number of rotatable bonds is 6. The van der Waals surface area contributed by atoms with E-state index in [1.807, 2.05) is 0 Å². The minimum atomic E-state index is -4.21. The Bertz CT molecular complexity index is 962. The van der Waals surface area contributed by atoms with Crippen molar-refractivity contribution in [3.63, 3.8) is 0 Å². The fourth-order valence-electron chi connectivity index (χ4n) is 6.18. The zero-order chi connectivity index (χ0) is 22.7. The Labute approximate surface area is 191 Å². The maximum absolute atomic E-state index is 12.9. The number of anilines is 1. The molecule has 9 heteroatoms. The molecule has 5 rings (SSSR count). The average Bonchev–Trinajstić information content (AvgIpc) is 3.25. The van der Waals surface area contributed by atoms with Crippen molar-refractivity contribution in [2.75, 3.05) is 50.7 Å². The molecule has 3 aliphatic heterocycles. The minimum absolute atomic E-state index is 0.281. The molecule has 0 radical (unpaired) electrons. The predicted molar refractivity (Wildman–Crippen MR) is 122 cm³/mol. The molecule has 5 nitrogen and oxygen atoms in total. The highest BCUT2D eigenvalue weighted by atomic mass is 32.1. The van der Waals surface area contributed by atoms with Crippen LogP contribution in [0.2, 0.25) is 0 Å². The molecule has 5 heterocycles. The highest BCUT2D eigenvalue weighted by molar-refractivity contribution is 7.18. The van der Waals surface area contributed by atoms with Gasteiger partial charge in [0.1, 0.15) is 17.0 Å². The smallest absolute Gasteiger partial charge is 0.355 e. The molecule has 32 heavy (non-hydrogen) atoms. The summed E-state index contributed by atoms with van der Waals surface area (Å²) in [6.45, 7) is 14.6. The van der Waals surface area contributed by atoms with Crippen LogP contribution in [0.4, 0.5) is 19.0 Å². The van der Waals surface area contributed by atoms with Gasteiger partial charge in [-0.05, 0) is 24.9 Å². The molecule has 3 saturated heterocycles. The summed E-state index contributed by atoms with van der Waals surface area (Å²) in [4.78, 5) is 17.2. The topological polar surface area (TPSA) is 35.5 Å². The van der Waals surface area contributed by atoms with Crippen molar-refractivity contribution in [3.8, 4) is 0 Å². The number of thiophene rings is 1. The lowest BCUT2D eigenvalue weighted by Gasteiger charge is -2.57. The number of nitrogens with zero attached hydrogens (tertiary/aromatic N) is 5. The molecule has 0 saturated carbocycles. The van der Waals surface area contributed by atoms with Crippen LogP contribution in [0, 0.1) is 17.3 Å². The van der Waals surface area contributed by atoms with Gasteiger partial charge >= 0.3 is 6.18 Å². The lowest BCUT2D eigenvalue weighted by molar-refractivity contribution is -0.126. The summed E-state index contributed by atoms with van der Waals surface area (Å²) in [5.41, 5.74) is 0.281. The fourth-order valence-corrected chi connectivity index (χ4v) is 7.20. The first kappa shape index (κ1) is 22.3. The summed E-state index contributed by atoms with van der Waals surface area (Å²) >= 11 is 1.13. The lowest BCUT2D eigenvalue weighted by atomic mass is 9.74. The van der Waals surface area contributed by atoms with Crippen molar-refractivity contribution in [3.05, 3.63) is 17.3 Å². The van der Waals surface area contributed by atoms with E-state index in [1.54, 1.807) is 6.07 Å². The Kier molecular flexibility index (Phi) is 5.65. The average molecular weight is 468 g/mol. The van der Waals surface area contributed by atoms with E-state index in [4.69, 9.17) is 0 Å². The molecule has 1 unspecified atom stereocenters. The molecular formula is C23H32F3N5S. The van der Waals surface area contributed by atoms with Gasteiger partial charge in [0, 0.05) is 61.5 Å². The molecule has 0 N–H and O–H groups in total. The third-order valence-corrected chi connectivity index (χ3v) is 8.61. The van der Waals surface area contributed by atoms with Gasteiger partial charge in [-0.15, -0.1) is 11.3 Å². The second kappa shape index (κ2) is 8.09. The summed E-state index contributed by atoms with van der Waals surface area (Å²) in [7, 11) is 0. The molecule has 3 aliphatic rings. The van der Waals surface area contributed by atoms with Gasteiger partial charge in [0.15, 0.2) is 0 Å². The standard InChI is InChI=1S/C23H32F3N5S/c1-4-29-9-16(10-29)19(15(2)3)31-12-22(13-31)5-6-30(11-22)20-18-7-17(8-23(24,25)26)32-21(18)28-14-27-20/h7,14-16,19H,4-6,8-13H2,1-3H3. The number of aromatic nitrogens is 2. The van der Waals surface area contributed by atoms with Gasteiger partial charge in [0.2, 0.25) is 0 Å². The van der Waals surface area contributed by atoms with Crippen molar-refractivity contribution in [2.45, 2.75) is 45.8 Å². The predicted octanol–water partition coefficient (Wildman–Crippen LogP) is 4.28. The van der Waals surface area contributed by atoms with E-state index in [9.17, 15) is 13.2 Å². The zero-order valence-corrected chi connectivity index (χ0v) is 19.8. The van der Waals surface area contributed by atoms with E-state index < -0.39 is 12.6 Å². The van der Waals surface area contributed by atoms with Crippen molar-refractivity contribution in [1.82, 2.24) is 19.8 Å². The van der Waals surface area contributed by atoms with Crippen molar-refractivity contribution in [1.29, 1.82) is 0 Å². The van der Waals surface area contributed by atoms with Crippen molar-refractivity contribution < 1.29 is 13.2 Å². The van der Waals surface area contributed by atoms with Crippen LogP contribution in [0.25, 0.3) is 10.2 Å². The van der Waals surface area contributed by atoms with Crippen LogP contribution in [0.15, 0.2) is 12.4 Å². The van der Waals surface area contributed by atoms with E-state index in [1.165, 1.54) is 19.4 Å². The van der Waals surface area contributed by atoms with Gasteiger partial charge in [-0.3, -0.25) is 4.90 Å². The summed E-state index contributed by atoms with van der Waals surface area (Å²) in [5, 5.41) is 0.763. The monoisotopic (exact) mass is 467 g/mol. The molecule has 2 aromatic rings. The Balaban J connectivity index is 1.27. The molecule has 176 valence electrons. The van der Waals surface area contributed by atoms with Crippen molar-refractivity contribution in [2.24, 2.45) is 17.3 Å². The van der Waals surface area contributed by atoms with E-state index in [0.717, 1.165) is 67.6 Å². The SMILES string of the molecule is CCN1CC(C(C(C)C)N2CC3(CCN(c4ncnc5sc(CC(F)(F)F)cc45)C3)C2)C1. The van der Waals surface area contributed by atoms with Gasteiger partial charge in [-0.2, -0.15) is 13.2 Å². The molecule has 0 aromatic carbocycles. The normalized spacial score (nSPS) is 23.3. The number of likely N-dealkylation sites (tertiary alicyclic amines) is 2. The van der Waals surface area contributed by atoms with Crippen LogP contribution >= 0.6 is 11.3 Å². The lowest BCUT2D eigenvalue weighted by Crippen LogP contribution is -2.67. The van der Waals surface area contributed by atoms with Crippen LogP contribution in [-0.4, -0.2) is 77.8 Å². The first-order valence-electron chi connectivity index (χ1n) is 11.7. The largest absolute Gasteiger partial charge is 0.393 e. The number of halogens is 3. The highest BCUT2D eigenvalue weighted by Gasteiger charge is 2.52. The first-order chi connectivity index (χ1) is 15.2. The Morgan fingerprint density at radius 1 is 1.19 bits per heavy atom. The molecule has 0 aliphatic carbocycles. The molecule has 0 amide bonds. The van der Waals surface area contributed by atoms with Crippen LogP contribution in [0.1, 0.15) is 32.1 Å². The van der Waals surface area contributed by atoms with Crippen LogP contribution in [0.3, 0.4) is 0 Å². The molecule has 3 fully saturated rings. The number of alkyl halides is 3. The van der Waals surface area contributed by atoms with Gasteiger partial charge in [0.25, 0.3) is 0 Å². The van der Waals surface area contributed by atoms with E-state index >= 15 is 0 Å². The van der Waals surface area contributed by atoms with Gasteiger partial charge in [0.05, 0.1) is 11.8 Å². The maximum atomic E-state index is 12.9. The fraction of sp³-hybridized carbons (Fsp3) is 0.739. The number of fused-ring (bicyclic) bond motifs is 1. The quantitative estimate of drug-likeness (QED) is 0.634. The maximum Gasteiger partial charge on any atom is 0.393 e. The van der Waals surface area contributed by atoms with Gasteiger partial charge in [-0.1, -0.05) is 20.8 Å². The zero-order valence-electron chi connectivity index (χ0n) is 19.0. The summed E-state index contributed by atoms with van der Waals surface area (Å²) in [6.07, 6.45) is -2.50. The summed E-state index contributed by atoms with van der Waals surface area (Å²) in [5.74, 6) is 2.21. The second-order valence-electron chi connectivity index (χ2n) is 10.3. The van der Waals surface area contributed by atoms with Gasteiger partial charge in [-0.25, -0.2) is 9.97 Å². The Hall–Kier alpha value is -1.45. The second-order valence-corrected chi connectivity index (χ2v) is 11.5. The summed E-state index contributed by atoms with van der Waals surface area (Å²) in [6, 6.07) is 2.29. The van der Waals surface area contributed by atoms with Crippen LogP contribution in [-0.2, 0) is 6.42 Å². The first-order valence-corrected chi connectivity index (χ1v) is 12.5. The van der Waals surface area contributed by atoms with Crippen LogP contribution in [0.5, 0.6) is 0 Å². The molecule has 1 spiro atoms. The molecular weight excluding hydrogens is 435 g/mol. The molecule has 2 aromatic heterocycles. The van der Waals surface area contributed by atoms with E-state index in [-0.39, 0.29) is 5.41 Å². The number of hydrogen-bond donors (Lipinski definition) is 0. The molecule has 0 bridgehead atoms. The third-order valence-electron chi connectivity index (χ3n) is 7.57. The Morgan fingerprint density at radius 3 is 2.59 bits per heavy atom.